The van der Waals surface area contributed by atoms with Gasteiger partial charge in [-0.3, -0.25) is 4.79 Å². The standard InChI is InChI=1S/C14H20BrNO3/c1-4-14(5-2,9-17)16-13(18)10-6-7-12(19-3)11(15)8-10/h6-8,17H,4-5,9H2,1-3H3,(H,16,18). The van der Waals surface area contributed by atoms with Crippen LogP contribution in [0.4, 0.5) is 0 Å². The van der Waals surface area contributed by atoms with Crippen molar-refractivity contribution in [3.8, 4) is 5.75 Å². The van der Waals surface area contributed by atoms with Crippen molar-refractivity contribution in [2.45, 2.75) is 32.2 Å². The van der Waals surface area contributed by atoms with E-state index >= 15 is 0 Å². The smallest absolute Gasteiger partial charge is 0.251 e. The lowest BCUT2D eigenvalue weighted by Crippen LogP contribution is -2.50. The number of aliphatic hydroxyl groups is 1. The Labute approximate surface area is 122 Å². The van der Waals surface area contributed by atoms with Crippen molar-refractivity contribution in [2.75, 3.05) is 13.7 Å². The molecule has 0 unspecified atom stereocenters. The van der Waals surface area contributed by atoms with Gasteiger partial charge >= 0.3 is 0 Å². The Bertz CT molecular complexity index is 436. The van der Waals surface area contributed by atoms with E-state index < -0.39 is 5.54 Å². The van der Waals surface area contributed by atoms with Gasteiger partial charge in [-0.1, -0.05) is 13.8 Å². The number of nitrogens with one attached hydrogen (secondary N) is 1. The molecular weight excluding hydrogens is 310 g/mol. The van der Waals surface area contributed by atoms with E-state index in [1.165, 1.54) is 0 Å². The minimum Gasteiger partial charge on any atom is -0.496 e. The van der Waals surface area contributed by atoms with Crippen LogP contribution in [0.3, 0.4) is 0 Å². The molecule has 1 rings (SSSR count). The van der Waals surface area contributed by atoms with Crippen LogP contribution in [0.25, 0.3) is 0 Å². The van der Waals surface area contributed by atoms with Gasteiger partial charge in [0.25, 0.3) is 5.91 Å². The van der Waals surface area contributed by atoms with Gasteiger partial charge in [0, 0.05) is 5.56 Å². The van der Waals surface area contributed by atoms with Crippen LogP contribution in [0.1, 0.15) is 37.0 Å². The largest absolute Gasteiger partial charge is 0.496 e. The van der Waals surface area contributed by atoms with Crippen LogP contribution in [0.2, 0.25) is 0 Å². The third kappa shape index (κ3) is 3.70. The number of hydrogen-bond donors (Lipinski definition) is 2. The van der Waals surface area contributed by atoms with Gasteiger partial charge in [-0.2, -0.15) is 0 Å². The Morgan fingerprint density at radius 1 is 1.42 bits per heavy atom. The topological polar surface area (TPSA) is 58.6 Å². The molecule has 1 aromatic carbocycles. The number of carbonyl (C=O) groups is 1. The van der Waals surface area contributed by atoms with E-state index in [1.807, 2.05) is 13.8 Å². The number of halogens is 1. The van der Waals surface area contributed by atoms with Crippen molar-refractivity contribution < 1.29 is 14.6 Å². The number of methoxy groups -OCH3 is 1. The maximum absolute atomic E-state index is 12.2. The molecule has 19 heavy (non-hydrogen) atoms. The molecule has 4 nitrogen and oxygen atoms in total. The molecule has 0 radical (unpaired) electrons. The van der Waals surface area contributed by atoms with Gasteiger partial charge in [0.15, 0.2) is 0 Å². The molecule has 1 aromatic rings. The maximum atomic E-state index is 12.2. The van der Waals surface area contributed by atoms with Crippen LogP contribution >= 0.6 is 15.9 Å². The van der Waals surface area contributed by atoms with Crippen molar-refractivity contribution in [1.29, 1.82) is 0 Å². The van der Waals surface area contributed by atoms with Crippen LogP contribution in [0.15, 0.2) is 22.7 Å². The van der Waals surface area contributed by atoms with Gasteiger partial charge in [-0.25, -0.2) is 0 Å². The normalized spacial score (nSPS) is 11.2. The quantitative estimate of drug-likeness (QED) is 0.843. The van der Waals surface area contributed by atoms with Crippen LogP contribution in [0.5, 0.6) is 5.75 Å². The second-order valence-electron chi connectivity index (χ2n) is 4.45. The number of aliphatic hydroxyl groups excluding tert-OH is 1. The molecule has 0 saturated heterocycles. The number of ether oxygens (including phenoxy) is 1. The van der Waals surface area contributed by atoms with E-state index in [4.69, 9.17) is 4.74 Å². The van der Waals surface area contributed by atoms with Crippen molar-refractivity contribution in [1.82, 2.24) is 5.32 Å². The molecule has 2 N–H and O–H groups in total. The van der Waals surface area contributed by atoms with Crippen LogP contribution in [0, 0.1) is 0 Å². The Morgan fingerprint density at radius 2 is 2.05 bits per heavy atom. The Kier molecular flexibility index (Phi) is 5.82. The fourth-order valence-electron chi connectivity index (χ4n) is 1.81. The first-order valence-electron chi connectivity index (χ1n) is 6.28. The summed E-state index contributed by atoms with van der Waals surface area (Å²) in [5, 5.41) is 12.4. The Balaban J connectivity index is 2.92. The van der Waals surface area contributed by atoms with E-state index in [0.717, 1.165) is 4.47 Å². The summed E-state index contributed by atoms with van der Waals surface area (Å²) in [6.45, 7) is 3.83. The highest BCUT2D eigenvalue weighted by atomic mass is 79.9. The third-order valence-corrected chi connectivity index (χ3v) is 4.07. The first-order chi connectivity index (χ1) is 9.01. The average molecular weight is 330 g/mol. The summed E-state index contributed by atoms with van der Waals surface area (Å²) in [4.78, 5) is 12.2. The van der Waals surface area contributed by atoms with Gasteiger partial charge in [-0.15, -0.1) is 0 Å². The molecule has 0 saturated carbocycles. The van der Waals surface area contributed by atoms with Crippen molar-refractivity contribution in [3.05, 3.63) is 28.2 Å². The molecule has 0 heterocycles. The second kappa shape index (κ2) is 6.91. The molecule has 0 aromatic heterocycles. The Hall–Kier alpha value is -1.07. The summed E-state index contributed by atoms with van der Waals surface area (Å²) in [5.41, 5.74) is -0.0175. The van der Waals surface area contributed by atoms with E-state index in [1.54, 1.807) is 25.3 Å². The molecule has 0 aliphatic heterocycles. The molecule has 106 valence electrons. The van der Waals surface area contributed by atoms with Gasteiger partial charge < -0.3 is 15.2 Å². The summed E-state index contributed by atoms with van der Waals surface area (Å²) in [5.74, 6) is 0.483. The molecule has 0 atom stereocenters. The highest BCUT2D eigenvalue weighted by Crippen LogP contribution is 2.26. The molecule has 1 amide bonds. The van der Waals surface area contributed by atoms with Crippen LogP contribution in [-0.2, 0) is 0 Å². The van der Waals surface area contributed by atoms with Gasteiger partial charge in [0.05, 0.1) is 23.7 Å². The molecule has 0 bridgehead atoms. The van der Waals surface area contributed by atoms with E-state index in [2.05, 4.69) is 21.2 Å². The fourth-order valence-corrected chi connectivity index (χ4v) is 2.35. The molecule has 0 aliphatic rings. The summed E-state index contributed by atoms with van der Waals surface area (Å²) in [6, 6.07) is 5.14. The van der Waals surface area contributed by atoms with Crippen LogP contribution in [-0.4, -0.2) is 30.3 Å². The zero-order valence-corrected chi connectivity index (χ0v) is 13.1. The SMILES string of the molecule is CCC(CC)(CO)NC(=O)c1ccc(OC)c(Br)c1. The summed E-state index contributed by atoms with van der Waals surface area (Å²) >= 11 is 3.35. The van der Waals surface area contributed by atoms with Gasteiger partial charge in [-0.05, 0) is 47.0 Å². The first kappa shape index (κ1) is 16.0. The number of carbonyl (C=O) groups excluding carboxylic acids is 1. The van der Waals surface area contributed by atoms with Crippen molar-refractivity contribution in [2.24, 2.45) is 0 Å². The highest BCUT2D eigenvalue weighted by Gasteiger charge is 2.27. The molecule has 0 aliphatic carbocycles. The zero-order valence-electron chi connectivity index (χ0n) is 11.5. The Morgan fingerprint density at radius 3 is 2.47 bits per heavy atom. The molecule has 5 heteroatoms. The van der Waals surface area contributed by atoms with Crippen molar-refractivity contribution >= 4 is 21.8 Å². The molecule has 0 fully saturated rings. The average Bonchev–Trinajstić information content (AvgIpc) is 2.44. The van der Waals surface area contributed by atoms with E-state index in [-0.39, 0.29) is 12.5 Å². The highest BCUT2D eigenvalue weighted by molar-refractivity contribution is 9.10. The molecular formula is C14H20BrNO3. The van der Waals surface area contributed by atoms with Crippen LogP contribution < -0.4 is 10.1 Å². The summed E-state index contributed by atoms with van der Waals surface area (Å²) < 4.78 is 5.85. The lowest BCUT2D eigenvalue weighted by Gasteiger charge is -2.30. The first-order valence-corrected chi connectivity index (χ1v) is 7.08. The number of amides is 1. The lowest BCUT2D eigenvalue weighted by atomic mass is 9.93. The third-order valence-electron chi connectivity index (χ3n) is 3.45. The number of rotatable bonds is 6. The zero-order chi connectivity index (χ0) is 14.5. The van der Waals surface area contributed by atoms with E-state index in [9.17, 15) is 9.90 Å². The maximum Gasteiger partial charge on any atom is 0.251 e. The minimum absolute atomic E-state index is 0.0664. The predicted octanol–water partition coefficient (Wildman–Crippen LogP) is 2.74. The summed E-state index contributed by atoms with van der Waals surface area (Å²) in [7, 11) is 1.57. The predicted molar refractivity (Wildman–Crippen MR) is 78.6 cm³/mol. The lowest BCUT2D eigenvalue weighted by molar-refractivity contribution is 0.0817. The fraction of sp³-hybridized carbons (Fsp3) is 0.500. The monoisotopic (exact) mass is 329 g/mol. The van der Waals surface area contributed by atoms with Gasteiger partial charge in [0.2, 0.25) is 0 Å². The number of benzene rings is 1. The van der Waals surface area contributed by atoms with E-state index in [0.29, 0.717) is 24.2 Å². The molecule has 0 spiro atoms. The van der Waals surface area contributed by atoms with Gasteiger partial charge in [0.1, 0.15) is 5.75 Å². The van der Waals surface area contributed by atoms with Crippen molar-refractivity contribution in [3.63, 3.8) is 0 Å². The second-order valence-corrected chi connectivity index (χ2v) is 5.30. The minimum atomic E-state index is -0.552. The number of hydrogen-bond acceptors (Lipinski definition) is 3. The summed E-state index contributed by atoms with van der Waals surface area (Å²) in [6.07, 6.45) is 1.37.